The van der Waals surface area contributed by atoms with Crippen molar-refractivity contribution in [1.82, 2.24) is 0 Å². The van der Waals surface area contributed by atoms with Crippen molar-refractivity contribution in [3.63, 3.8) is 0 Å². The van der Waals surface area contributed by atoms with Gasteiger partial charge in [-0.15, -0.1) is 0 Å². The number of nitro groups is 1. The van der Waals surface area contributed by atoms with E-state index in [1.54, 1.807) is 18.2 Å². The van der Waals surface area contributed by atoms with E-state index in [0.29, 0.717) is 5.56 Å². The van der Waals surface area contributed by atoms with Crippen LogP contribution in [0, 0.1) is 28.0 Å². The Hall–Kier alpha value is -2.86. The van der Waals surface area contributed by atoms with Gasteiger partial charge in [-0.05, 0) is 5.56 Å². The molecule has 0 saturated carbocycles. The van der Waals surface area contributed by atoms with Crippen molar-refractivity contribution in [1.29, 1.82) is 5.26 Å². The topological polar surface area (TPSA) is 80.5 Å². The number of allylic oxidation sites excluding steroid dienone is 2. The fourth-order valence-electron chi connectivity index (χ4n) is 1.37. The maximum atomic E-state index is 10.6. The second-order valence-corrected chi connectivity index (χ2v) is 3.30. The van der Waals surface area contributed by atoms with Gasteiger partial charge in [0.15, 0.2) is 0 Å². The zero-order valence-electron chi connectivity index (χ0n) is 9.58. The summed E-state index contributed by atoms with van der Waals surface area (Å²) in [6, 6.07) is 7.71. The maximum absolute atomic E-state index is 10.6. The minimum Gasteiger partial charge on any atom is -0.511 e. The standard InChI is InChI=1S/C12H9N3O3/c1-14-11(8-13)12(18-2)7-9-4-3-5-10(6-9)15(16)17/h3-6H,7H2,2H3/b12-11+. The van der Waals surface area contributed by atoms with Crippen molar-refractivity contribution in [2.24, 2.45) is 0 Å². The summed E-state index contributed by atoms with van der Waals surface area (Å²) in [6.45, 7) is 6.83. The molecule has 0 fully saturated rings. The van der Waals surface area contributed by atoms with Crippen molar-refractivity contribution in [2.75, 3.05) is 7.11 Å². The summed E-state index contributed by atoms with van der Waals surface area (Å²) in [6.07, 6.45) is 0.170. The largest absolute Gasteiger partial charge is 0.511 e. The van der Waals surface area contributed by atoms with Crippen molar-refractivity contribution in [3.05, 3.63) is 62.8 Å². The second-order valence-electron chi connectivity index (χ2n) is 3.30. The first-order valence-electron chi connectivity index (χ1n) is 4.90. The third-order valence-electron chi connectivity index (χ3n) is 2.21. The van der Waals surface area contributed by atoms with Crippen molar-refractivity contribution < 1.29 is 9.66 Å². The predicted octanol–water partition coefficient (Wildman–Crippen LogP) is 2.44. The molecule has 0 radical (unpaired) electrons. The first kappa shape index (κ1) is 13.2. The van der Waals surface area contributed by atoms with E-state index >= 15 is 0 Å². The van der Waals surface area contributed by atoms with Gasteiger partial charge in [0.2, 0.25) is 0 Å². The number of non-ortho nitro benzene ring substituents is 1. The van der Waals surface area contributed by atoms with E-state index in [1.165, 1.54) is 19.2 Å². The molecule has 1 aromatic rings. The average molecular weight is 243 g/mol. The quantitative estimate of drug-likeness (QED) is 0.267. The Morgan fingerprint density at radius 3 is 2.89 bits per heavy atom. The van der Waals surface area contributed by atoms with Gasteiger partial charge in [-0.3, -0.25) is 10.1 Å². The highest BCUT2D eigenvalue weighted by atomic mass is 16.6. The lowest BCUT2D eigenvalue weighted by Gasteiger charge is -2.06. The van der Waals surface area contributed by atoms with E-state index in [1.807, 2.05) is 0 Å². The van der Waals surface area contributed by atoms with Gasteiger partial charge in [0.25, 0.3) is 11.4 Å². The van der Waals surface area contributed by atoms with Crippen LogP contribution in [0.1, 0.15) is 5.56 Å². The highest BCUT2D eigenvalue weighted by Gasteiger charge is 2.11. The molecule has 0 aliphatic heterocycles. The third-order valence-corrected chi connectivity index (χ3v) is 2.21. The number of rotatable bonds is 4. The Morgan fingerprint density at radius 1 is 1.67 bits per heavy atom. The van der Waals surface area contributed by atoms with Crippen LogP contribution in [-0.4, -0.2) is 12.0 Å². The molecule has 0 unspecified atom stereocenters. The Balaban J connectivity index is 3.08. The SMILES string of the molecule is [C-]#[N+]/C(C#N)=C(\Cc1cccc([N+](=O)[O-])c1)OC. The number of hydrogen-bond donors (Lipinski definition) is 0. The van der Waals surface area contributed by atoms with Crippen LogP contribution >= 0.6 is 0 Å². The van der Waals surface area contributed by atoms with E-state index in [-0.39, 0.29) is 23.6 Å². The molecule has 6 heteroatoms. The number of nitro benzene ring substituents is 1. The van der Waals surface area contributed by atoms with Gasteiger partial charge in [-0.1, -0.05) is 12.1 Å². The Bertz CT molecular complexity index is 563. The predicted molar refractivity (Wildman–Crippen MR) is 63.1 cm³/mol. The van der Waals surface area contributed by atoms with Crippen LogP contribution in [0.2, 0.25) is 0 Å². The van der Waals surface area contributed by atoms with Crippen LogP contribution in [0.4, 0.5) is 5.69 Å². The summed E-state index contributed by atoms with van der Waals surface area (Å²) in [5, 5.41) is 19.4. The lowest BCUT2D eigenvalue weighted by molar-refractivity contribution is -0.384. The molecule has 0 saturated heterocycles. The first-order valence-corrected chi connectivity index (χ1v) is 4.90. The van der Waals surface area contributed by atoms with E-state index in [2.05, 4.69) is 4.85 Å². The lowest BCUT2D eigenvalue weighted by Crippen LogP contribution is -1.97. The monoisotopic (exact) mass is 243 g/mol. The van der Waals surface area contributed by atoms with Crippen LogP contribution in [0.5, 0.6) is 0 Å². The minimum atomic E-state index is -0.500. The number of hydrogen-bond acceptors (Lipinski definition) is 4. The molecule has 0 aromatic heterocycles. The molecule has 1 rings (SSSR count). The smallest absolute Gasteiger partial charge is 0.298 e. The molecular weight excluding hydrogens is 234 g/mol. The molecule has 1 aromatic carbocycles. The minimum absolute atomic E-state index is 0.0377. The van der Waals surface area contributed by atoms with E-state index in [4.69, 9.17) is 16.6 Å². The summed E-state index contributed by atoms with van der Waals surface area (Å²) in [5.74, 6) is 0.202. The zero-order valence-corrected chi connectivity index (χ0v) is 9.58. The Morgan fingerprint density at radius 2 is 2.39 bits per heavy atom. The molecule has 6 nitrogen and oxygen atoms in total. The van der Waals surface area contributed by atoms with Gasteiger partial charge in [0.1, 0.15) is 5.76 Å². The van der Waals surface area contributed by atoms with Gasteiger partial charge < -0.3 is 4.74 Å². The molecule has 18 heavy (non-hydrogen) atoms. The molecule has 0 amide bonds. The highest BCUT2D eigenvalue weighted by Crippen LogP contribution is 2.18. The summed E-state index contributed by atoms with van der Waals surface area (Å²) in [5.41, 5.74) is 0.422. The number of ether oxygens (including phenoxy) is 1. The Kier molecular flexibility index (Phi) is 4.42. The van der Waals surface area contributed by atoms with Gasteiger partial charge in [-0.25, -0.2) is 10.1 Å². The number of methoxy groups -OCH3 is 1. The van der Waals surface area contributed by atoms with Crippen LogP contribution in [-0.2, 0) is 11.2 Å². The second kappa shape index (κ2) is 6.02. The molecule has 0 aliphatic carbocycles. The molecule has 0 N–H and O–H groups in total. The fourth-order valence-corrected chi connectivity index (χ4v) is 1.37. The van der Waals surface area contributed by atoms with Gasteiger partial charge >= 0.3 is 0 Å². The summed E-state index contributed by atoms with van der Waals surface area (Å²) >= 11 is 0. The fraction of sp³-hybridized carbons (Fsp3) is 0.167. The van der Waals surface area contributed by atoms with Crippen LogP contribution < -0.4 is 0 Å². The zero-order chi connectivity index (χ0) is 13.5. The summed E-state index contributed by atoms with van der Waals surface area (Å²) < 4.78 is 4.97. The number of nitrogens with zero attached hydrogens (tertiary/aromatic N) is 3. The Labute approximate surface area is 104 Å². The van der Waals surface area contributed by atoms with Crippen LogP contribution in [0.25, 0.3) is 4.85 Å². The summed E-state index contributed by atoms with van der Waals surface area (Å²) in [4.78, 5) is 13.2. The van der Waals surface area contributed by atoms with Crippen LogP contribution in [0.15, 0.2) is 35.7 Å². The molecule has 0 atom stereocenters. The number of nitriles is 1. The van der Waals surface area contributed by atoms with E-state index in [0.717, 1.165) is 0 Å². The van der Waals surface area contributed by atoms with Crippen molar-refractivity contribution in [3.8, 4) is 6.07 Å². The molecule has 0 aliphatic rings. The van der Waals surface area contributed by atoms with Gasteiger partial charge in [0.05, 0.1) is 24.7 Å². The molecule has 0 bridgehead atoms. The molecule has 0 heterocycles. The van der Waals surface area contributed by atoms with Gasteiger partial charge in [0, 0.05) is 18.6 Å². The first-order chi connectivity index (χ1) is 8.62. The van der Waals surface area contributed by atoms with E-state index < -0.39 is 4.92 Å². The molecule has 90 valence electrons. The number of benzene rings is 1. The summed E-state index contributed by atoms with van der Waals surface area (Å²) in [7, 11) is 1.36. The van der Waals surface area contributed by atoms with Crippen molar-refractivity contribution in [2.45, 2.75) is 6.42 Å². The van der Waals surface area contributed by atoms with Crippen LogP contribution in [0.3, 0.4) is 0 Å². The van der Waals surface area contributed by atoms with Crippen molar-refractivity contribution >= 4 is 5.69 Å². The molecule has 0 spiro atoms. The normalized spacial score (nSPS) is 10.8. The maximum Gasteiger partial charge on any atom is 0.298 e. The van der Waals surface area contributed by atoms with Gasteiger partial charge in [-0.2, -0.15) is 0 Å². The molecular formula is C12H9N3O3. The van der Waals surface area contributed by atoms with E-state index in [9.17, 15) is 10.1 Å². The average Bonchev–Trinajstić information content (AvgIpc) is 2.39. The lowest BCUT2D eigenvalue weighted by atomic mass is 10.1. The third kappa shape index (κ3) is 3.06. The highest BCUT2D eigenvalue weighted by molar-refractivity contribution is 5.38.